The van der Waals surface area contributed by atoms with Gasteiger partial charge in [-0.1, -0.05) is 19.1 Å². The van der Waals surface area contributed by atoms with Crippen LogP contribution in [0.1, 0.15) is 25.3 Å². The molecule has 9 heteroatoms. The molecule has 0 radical (unpaired) electrons. The van der Waals surface area contributed by atoms with E-state index in [4.69, 9.17) is 0 Å². The van der Waals surface area contributed by atoms with Gasteiger partial charge in [-0.25, -0.2) is 8.42 Å². The largest absolute Gasteiger partial charge is 0.356 e. The summed E-state index contributed by atoms with van der Waals surface area (Å²) in [6.45, 7) is 9.63. The lowest BCUT2D eigenvalue weighted by atomic mass is 10.2. The Kier molecular flexibility index (Phi) is 7.03. The van der Waals surface area contributed by atoms with E-state index in [1.165, 1.54) is 0 Å². The average Bonchev–Trinajstić information content (AvgIpc) is 2.96. The van der Waals surface area contributed by atoms with Crippen LogP contribution in [0.5, 0.6) is 0 Å². The Morgan fingerprint density at radius 2 is 1.89 bits per heavy atom. The van der Waals surface area contributed by atoms with E-state index in [-0.39, 0.29) is 23.8 Å². The van der Waals surface area contributed by atoms with E-state index in [9.17, 15) is 13.2 Å². The molecule has 0 atom stereocenters. The van der Waals surface area contributed by atoms with Crippen LogP contribution < -0.4 is 10.0 Å². The van der Waals surface area contributed by atoms with E-state index in [0.717, 1.165) is 45.7 Å². The summed E-state index contributed by atoms with van der Waals surface area (Å²) >= 11 is 0. The van der Waals surface area contributed by atoms with Crippen LogP contribution in [0.3, 0.4) is 0 Å². The normalized spacial score (nSPS) is 20.7. The molecule has 0 bridgehead atoms. The molecule has 2 aliphatic rings. The van der Waals surface area contributed by atoms with Crippen LogP contribution in [0.4, 0.5) is 0 Å². The maximum Gasteiger partial charge on any atom is 0.263 e. The van der Waals surface area contributed by atoms with Crippen LogP contribution in [0.25, 0.3) is 0 Å². The van der Waals surface area contributed by atoms with Crippen LogP contribution in [0.15, 0.2) is 34.2 Å². The van der Waals surface area contributed by atoms with Gasteiger partial charge in [0, 0.05) is 44.7 Å². The lowest BCUT2D eigenvalue weighted by Gasteiger charge is -2.33. The molecule has 0 aromatic heterocycles. The molecule has 28 heavy (non-hydrogen) atoms. The molecular formula is C19H29N5O3S. The van der Waals surface area contributed by atoms with Gasteiger partial charge < -0.3 is 15.1 Å². The molecule has 154 valence electrons. The van der Waals surface area contributed by atoms with E-state index in [1.807, 2.05) is 0 Å². The van der Waals surface area contributed by atoms with Crippen molar-refractivity contribution < 1.29 is 13.2 Å². The fourth-order valence-electron chi connectivity index (χ4n) is 3.47. The molecule has 0 saturated carbocycles. The highest BCUT2D eigenvalue weighted by atomic mass is 32.2. The SMILES string of the molecule is CCN1CCN(CCCNC(=O)CCN=C2NS(=O)(=O)c3ccccc32)CC1. The van der Waals surface area contributed by atoms with Gasteiger partial charge in [-0.05, 0) is 31.6 Å². The lowest BCUT2D eigenvalue weighted by molar-refractivity contribution is -0.120. The summed E-state index contributed by atoms with van der Waals surface area (Å²) in [5.74, 6) is 0.254. The number of hydrogen-bond donors (Lipinski definition) is 2. The molecule has 1 aromatic rings. The van der Waals surface area contributed by atoms with E-state index in [2.05, 4.69) is 31.8 Å². The summed E-state index contributed by atoms with van der Waals surface area (Å²) in [6.07, 6.45) is 1.17. The van der Waals surface area contributed by atoms with Crippen molar-refractivity contribution in [2.24, 2.45) is 4.99 Å². The third-order valence-electron chi connectivity index (χ3n) is 5.16. The van der Waals surface area contributed by atoms with Crippen molar-refractivity contribution in [2.45, 2.75) is 24.7 Å². The molecule has 0 aliphatic carbocycles. The van der Waals surface area contributed by atoms with E-state index in [0.29, 0.717) is 17.9 Å². The van der Waals surface area contributed by atoms with Gasteiger partial charge in [0.2, 0.25) is 5.91 Å². The summed E-state index contributed by atoms with van der Waals surface area (Å²) in [5.41, 5.74) is 0.561. The van der Waals surface area contributed by atoms with E-state index in [1.54, 1.807) is 24.3 Å². The van der Waals surface area contributed by atoms with Crippen molar-refractivity contribution in [2.75, 3.05) is 52.4 Å². The molecule has 0 unspecified atom stereocenters. The number of aliphatic imine (C=N–C) groups is 1. The number of hydrogen-bond acceptors (Lipinski definition) is 6. The zero-order chi connectivity index (χ0) is 20.0. The molecule has 1 fully saturated rings. The molecular weight excluding hydrogens is 378 g/mol. The van der Waals surface area contributed by atoms with E-state index < -0.39 is 10.0 Å². The first kappa shape index (κ1) is 20.8. The molecule has 2 heterocycles. The Labute approximate surface area is 167 Å². The Hall–Kier alpha value is -1.97. The number of amidine groups is 1. The third-order valence-corrected chi connectivity index (χ3v) is 6.55. The van der Waals surface area contributed by atoms with Crippen molar-refractivity contribution in [3.63, 3.8) is 0 Å². The number of carbonyl (C=O) groups excluding carboxylic acids is 1. The van der Waals surface area contributed by atoms with Crippen molar-refractivity contribution >= 4 is 21.8 Å². The third kappa shape index (κ3) is 5.30. The number of fused-ring (bicyclic) bond motifs is 1. The number of amides is 1. The van der Waals surface area contributed by atoms with Crippen LogP contribution in [-0.2, 0) is 14.8 Å². The zero-order valence-electron chi connectivity index (χ0n) is 16.4. The molecule has 0 spiro atoms. The maximum absolute atomic E-state index is 12.0. The number of nitrogens with zero attached hydrogens (tertiary/aromatic N) is 3. The van der Waals surface area contributed by atoms with Gasteiger partial charge in [-0.2, -0.15) is 0 Å². The van der Waals surface area contributed by atoms with Gasteiger partial charge in [-0.15, -0.1) is 0 Å². The first-order valence-electron chi connectivity index (χ1n) is 9.87. The van der Waals surface area contributed by atoms with Crippen molar-refractivity contribution in [1.29, 1.82) is 0 Å². The second-order valence-corrected chi connectivity index (χ2v) is 8.71. The Morgan fingerprint density at radius 3 is 2.64 bits per heavy atom. The number of carbonyl (C=O) groups is 1. The first-order valence-corrected chi connectivity index (χ1v) is 11.4. The number of piperazine rings is 1. The summed E-state index contributed by atoms with van der Waals surface area (Å²) in [5, 5.41) is 2.92. The topological polar surface area (TPSA) is 94.1 Å². The Morgan fingerprint density at radius 1 is 1.18 bits per heavy atom. The predicted molar refractivity (Wildman–Crippen MR) is 109 cm³/mol. The van der Waals surface area contributed by atoms with Crippen molar-refractivity contribution in [1.82, 2.24) is 19.8 Å². The predicted octanol–water partition coefficient (Wildman–Crippen LogP) is 0.259. The number of rotatable bonds is 8. The lowest BCUT2D eigenvalue weighted by Crippen LogP contribution is -2.46. The highest BCUT2D eigenvalue weighted by Crippen LogP contribution is 2.22. The smallest absolute Gasteiger partial charge is 0.263 e. The fourth-order valence-corrected chi connectivity index (χ4v) is 4.72. The molecule has 1 aromatic carbocycles. The number of benzene rings is 1. The van der Waals surface area contributed by atoms with E-state index >= 15 is 0 Å². The van der Waals surface area contributed by atoms with Crippen LogP contribution in [0, 0.1) is 0 Å². The molecule has 2 aliphatic heterocycles. The summed E-state index contributed by atoms with van der Waals surface area (Å²) in [6, 6.07) is 6.71. The molecule has 8 nitrogen and oxygen atoms in total. The Bertz CT molecular complexity index is 817. The molecule has 2 N–H and O–H groups in total. The summed E-state index contributed by atoms with van der Waals surface area (Å²) in [4.78, 5) is 21.4. The second-order valence-electron chi connectivity index (χ2n) is 7.06. The summed E-state index contributed by atoms with van der Waals surface area (Å²) < 4.78 is 26.5. The van der Waals surface area contributed by atoms with Crippen LogP contribution in [-0.4, -0.2) is 82.3 Å². The quantitative estimate of drug-likeness (QED) is 0.603. The number of sulfonamides is 1. The maximum atomic E-state index is 12.0. The average molecular weight is 408 g/mol. The van der Waals surface area contributed by atoms with Gasteiger partial charge in [0.15, 0.2) is 0 Å². The Balaban J connectivity index is 1.35. The summed E-state index contributed by atoms with van der Waals surface area (Å²) in [7, 11) is -3.53. The van der Waals surface area contributed by atoms with Crippen molar-refractivity contribution in [3.8, 4) is 0 Å². The van der Waals surface area contributed by atoms with Gasteiger partial charge in [-0.3, -0.25) is 14.5 Å². The van der Waals surface area contributed by atoms with Gasteiger partial charge in [0.1, 0.15) is 5.84 Å². The molecule has 3 rings (SSSR count). The first-order chi connectivity index (χ1) is 13.5. The van der Waals surface area contributed by atoms with Gasteiger partial charge >= 0.3 is 0 Å². The highest BCUT2D eigenvalue weighted by molar-refractivity contribution is 7.90. The minimum Gasteiger partial charge on any atom is -0.356 e. The number of nitrogens with one attached hydrogen (secondary N) is 2. The molecule has 1 amide bonds. The monoisotopic (exact) mass is 407 g/mol. The van der Waals surface area contributed by atoms with Crippen molar-refractivity contribution in [3.05, 3.63) is 29.8 Å². The van der Waals surface area contributed by atoms with Gasteiger partial charge in [0.25, 0.3) is 10.0 Å². The second kappa shape index (κ2) is 9.49. The van der Waals surface area contributed by atoms with Gasteiger partial charge in [0.05, 0.1) is 11.4 Å². The molecule has 1 saturated heterocycles. The highest BCUT2D eigenvalue weighted by Gasteiger charge is 2.29. The standard InChI is InChI=1S/C19H29N5O3S/c1-2-23-12-14-24(15-13-23)11-5-9-20-18(25)8-10-21-19-16-6-3-4-7-17(16)28(26,27)22-19/h3-4,6-7H,2,5,8-15H2,1H3,(H,20,25)(H,21,22). The fraction of sp³-hybridized carbons (Fsp3) is 0.579. The minimum absolute atomic E-state index is 0.0608. The van der Waals surface area contributed by atoms with Crippen LogP contribution in [0.2, 0.25) is 0 Å². The minimum atomic E-state index is -3.53. The zero-order valence-corrected chi connectivity index (χ0v) is 17.2. The number of likely N-dealkylation sites (N-methyl/N-ethyl adjacent to an activating group) is 1. The van der Waals surface area contributed by atoms with Crippen LogP contribution >= 0.6 is 0 Å².